The van der Waals surface area contributed by atoms with E-state index in [4.69, 9.17) is 14.7 Å². The first-order chi connectivity index (χ1) is 32.0. The van der Waals surface area contributed by atoms with Gasteiger partial charge in [-0.1, -0.05) is 192 Å². The number of nitrogens with zero attached hydrogens (tertiary/aromatic N) is 4. The Morgan fingerprint density at radius 3 is 1.79 bits per heavy atom. The summed E-state index contributed by atoms with van der Waals surface area (Å²) in [6, 6.07) is 55.9. The number of aliphatic imine (C=N–C) groups is 1. The fourth-order valence-corrected chi connectivity index (χ4v) is 9.80. The molecule has 0 amide bonds. The summed E-state index contributed by atoms with van der Waals surface area (Å²) in [7, 11) is 0. The third-order valence-electron chi connectivity index (χ3n) is 13.6. The average molecular weight is 1080 g/mol. The molecule has 0 unspecified atom stereocenters. The van der Waals surface area contributed by atoms with E-state index in [0.29, 0.717) is 23.3 Å². The van der Waals surface area contributed by atoms with Crippen LogP contribution in [0.2, 0.25) is 0 Å². The van der Waals surface area contributed by atoms with E-state index in [1.807, 2.05) is 6.20 Å². The van der Waals surface area contributed by atoms with Gasteiger partial charge in [0.1, 0.15) is 5.82 Å². The largest absolute Gasteiger partial charge is 2.00 e. The van der Waals surface area contributed by atoms with Crippen molar-refractivity contribution in [1.82, 2.24) is 9.55 Å². The summed E-state index contributed by atoms with van der Waals surface area (Å²) in [6.07, 6.45) is 1.93. The first-order valence-electron chi connectivity index (χ1n) is 24.3. The molecule has 0 radical (unpaired) electrons. The van der Waals surface area contributed by atoms with Gasteiger partial charge in [-0.2, -0.15) is 6.07 Å². The Balaban J connectivity index is 0.00000625. The van der Waals surface area contributed by atoms with E-state index in [-0.39, 0.29) is 49.8 Å². The van der Waals surface area contributed by atoms with Crippen molar-refractivity contribution in [1.29, 1.82) is 0 Å². The summed E-state index contributed by atoms with van der Waals surface area (Å²) in [5.41, 5.74) is 13.0. The third kappa shape index (κ3) is 9.62. The number of benzene rings is 6. The zero-order valence-electron chi connectivity index (χ0n) is 41.9. The molecule has 1 aliphatic rings. The van der Waals surface area contributed by atoms with E-state index in [1.54, 1.807) is 0 Å². The maximum absolute atomic E-state index is 6.98. The van der Waals surface area contributed by atoms with Crippen molar-refractivity contribution in [3.05, 3.63) is 196 Å². The molecule has 1 atom stereocenters. The number of fused-ring (bicyclic) bond motifs is 3. The number of anilines is 1. The summed E-state index contributed by atoms with van der Waals surface area (Å²) < 4.78 is 9.23. The Bertz CT molecular complexity index is 3030. The quantitative estimate of drug-likeness (QED) is 0.121. The predicted octanol–water partition coefficient (Wildman–Crippen LogP) is 16.0. The molecule has 6 aromatic carbocycles. The second-order valence-electron chi connectivity index (χ2n) is 21.5. The minimum atomic E-state index is -0.0673. The molecular weight excluding hydrogens is 1010 g/mol. The SMILES string of the molecule is CC(C)c1cc(Oc2[c-]c3c(cc2)c2cc(C(C)(C)C)ccc2n3-c2cc(C(C)(C)C)ccn2)[c-]c(C2=N[C@H](C(c3ccccc3)c3ccccc3)CN2c2c(C(C)C)cccc2C(C)C)c1.[Pt+2]. The van der Waals surface area contributed by atoms with Crippen LogP contribution in [0.5, 0.6) is 11.5 Å². The molecule has 0 spiro atoms. The number of pyridine rings is 1. The van der Waals surface area contributed by atoms with Crippen LogP contribution >= 0.6 is 0 Å². The van der Waals surface area contributed by atoms with Gasteiger partial charge in [-0.3, -0.25) is 0 Å². The van der Waals surface area contributed by atoms with Gasteiger partial charge in [0, 0.05) is 41.4 Å². The van der Waals surface area contributed by atoms with Crippen molar-refractivity contribution in [3.63, 3.8) is 0 Å². The van der Waals surface area contributed by atoms with Crippen molar-refractivity contribution in [3.8, 4) is 17.3 Å². The monoisotopic (exact) mass is 1080 g/mol. The first kappa shape index (κ1) is 48.7. The van der Waals surface area contributed by atoms with E-state index in [9.17, 15) is 0 Å². The smallest absolute Gasteiger partial charge is 0.503 e. The maximum atomic E-state index is 6.98. The summed E-state index contributed by atoms with van der Waals surface area (Å²) >= 11 is 0. The van der Waals surface area contributed by atoms with Gasteiger partial charge in [0.05, 0.1) is 11.9 Å². The van der Waals surface area contributed by atoms with Gasteiger partial charge in [0.25, 0.3) is 0 Å². The number of hydrogen-bond acceptors (Lipinski definition) is 4. The van der Waals surface area contributed by atoms with Crippen LogP contribution in [0.4, 0.5) is 5.69 Å². The molecule has 0 saturated carbocycles. The van der Waals surface area contributed by atoms with Gasteiger partial charge >= 0.3 is 21.1 Å². The van der Waals surface area contributed by atoms with Crippen LogP contribution in [-0.2, 0) is 31.9 Å². The fourth-order valence-electron chi connectivity index (χ4n) is 9.80. The number of amidine groups is 1. The van der Waals surface area contributed by atoms with Crippen LogP contribution in [0.25, 0.3) is 27.6 Å². The van der Waals surface area contributed by atoms with Gasteiger partial charge in [0.2, 0.25) is 0 Å². The van der Waals surface area contributed by atoms with E-state index >= 15 is 0 Å². The van der Waals surface area contributed by atoms with Crippen molar-refractivity contribution in [2.75, 3.05) is 11.4 Å². The molecule has 8 aromatic rings. The molecule has 0 N–H and O–H groups in total. The van der Waals surface area contributed by atoms with E-state index in [1.165, 1.54) is 44.5 Å². The van der Waals surface area contributed by atoms with Crippen molar-refractivity contribution in [2.24, 2.45) is 4.99 Å². The number of hydrogen-bond donors (Lipinski definition) is 0. The molecule has 5 nitrogen and oxygen atoms in total. The Hall–Kier alpha value is -5.77. The zero-order valence-corrected chi connectivity index (χ0v) is 44.2. The van der Waals surface area contributed by atoms with Gasteiger partial charge in [-0.05, 0) is 85.5 Å². The second kappa shape index (κ2) is 19.3. The third-order valence-corrected chi connectivity index (χ3v) is 13.6. The Kier molecular flexibility index (Phi) is 13.8. The number of para-hydroxylation sites is 1. The Morgan fingerprint density at radius 1 is 0.588 bits per heavy atom. The van der Waals surface area contributed by atoms with Crippen LogP contribution in [0, 0.1) is 12.1 Å². The van der Waals surface area contributed by atoms with Crippen LogP contribution in [0.1, 0.15) is 151 Å². The Labute approximate surface area is 420 Å². The molecule has 9 rings (SSSR count). The molecule has 68 heavy (non-hydrogen) atoms. The summed E-state index contributed by atoms with van der Waals surface area (Å²) in [5.74, 6) is 3.93. The molecule has 0 saturated heterocycles. The minimum Gasteiger partial charge on any atom is -0.503 e. The number of aromatic nitrogens is 2. The van der Waals surface area contributed by atoms with E-state index in [0.717, 1.165) is 45.7 Å². The average Bonchev–Trinajstić information content (AvgIpc) is 3.88. The molecular formula is C62H66N4OPt. The van der Waals surface area contributed by atoms with Crippen molar-refractivity contribution < 1.29 is 25.8 Å². The molecule has 350 valence electrons. The van der Waals surface area contributed by atoms with Crippen LogP contribution < -0.4 is 9.64 Å². The van der Waals surface area contributed by atoms with Crippen LogP contribution in [0.15, 0.2) is 145 Å². The summed E-state index contributed by atoms with van der Waals surface area (Å²) in [4.78, 5) is 13.3. The molecule has 6 heteroatoms. The predicted molar refractivity (Wildman–Crippen MR) is 281 cm³/mol. The van der Waals surface area contributed by atoms with Crippen LogP contribution in [-0.4, -0.2) is 28.0 Å². The minimum absolute atomic E-state index is 0. The van der Waals surface area contributed by atoms with Crippen molar-refractivity contribution in [2.45, 2.75) is 124 Å². The molecule has 0 aliphatic carbocycles. The summed E-state index contributed by atoms with van der Waals surface area (Å²) in [6.45, 7) is 27.9. The summed E-state index contributed by atoms with van der Waals surface area (Å²) in [5, 5.41) is 2.28. The standard InChI is InChI=1S/C62H66N4O.Pt/c1-39(2)44-32-45(60-64-54(58(42-20-15-13-16-21-42)43-22-17-14-18-23-43)38-65(60)59-50(40(3)4)24-19-25-51(59)41(5)6)34-49(33-44)67-48-27-28-52-53-35-46(61(7,8)9)26-29-55(53)66(56(52)37-48)57-36-47(30-31-63-57)62(10,11)12;/h13-33,35-36,39-41,54,58H,38H2,1-12H3;/q-2;+2/t54-;/m0./s1. The van der Waals surface area contributed by atoms with E-state index < -0.39 is 0 Å². The Morgan fingerprint density at radius 2 is 1.21 bits per heavy atom. The number of ether oxygens (including phenoxy) is 1. The van der Waals surface area contributed by atoms with Gasteiger partial charge in [0.15, 0.2) is 0 Å². The van der Waals surface area contributed by atoms with Crippen molar-refractivity contribution >= 4 is 33.3 Å². The normalized spacial score (nSPS) is 14.4. The molecule has 0 bridgehead atoms. The van der Waals surface area contributed by atoms with Gasteiger partial charge in [-0.15, -0.1) is 34.7 Å². The van der Waals surface area contributed by atoms with E-state index in [2.05, 4.69) is 238 Å². The molecule has 2 aromatic heterocycles. The van der Waals surface area contributed by atoms with Crippen LogP contribution in [0.3, 0.4) is 0 Å². The first-order valence-corrected chi connectivity index (χ1v) is 24.3. The fraction of sp³-hybridized carbons (Fsp3) is 0.323. The maximum Gasteiger partial charge on any atom is 2.00 e. The molecule has 1 aliphatic heterocycles. The van der Waals surface area contributed by atoms with Gasteiger partial charge in [-0.25, -0.2) is 4.98 Å². The van der Waals surface area contributed by atoms with Gasteiger partial charge < -0.3 is 19.2 Å². The molecule has 3 heterocycles. The number of rotatable bonds is 11. The molecule has 0 fully saturated rings. The second-order valence-corrected chi connectivity index (χ2v) is 21.5. The topological polar surface area (TPSA) is 42.6 Å². The zero-order chi connectivity index (χ0) is 47.4.